The van der Waals surface area contributed by atoms with Gasteiger partial charge in [0.05, 0.1) is 24.0 Å². The van der Waals surface area contributed by atoms with Crippen LogP contribution in [0.3, 0.4) is 0 Å². The Morgan fingerprint density at radius 2 is 2.03 bits per heavy atom. The molecule has 0 bridgehead atoms. The molecule has 1 aliphatic rings. The summed E-state index contributed by atoms with van der Waals surface area (Å²) in [5, 5.41) is 6.61. The van der Waals surface area contributed by atoms with Crippen molar-refractivity contribution in [2.75, 3.05) is 32.8 Å². The second-order valence-electron chi connectivity index (χ2n) is 8.28. The molecule has 0 aliphatic carbocycles. The molecule has 2 aromatic rings. The van der Waals surface area contributed by atoms with Gasteiger partial charge >= 0.3 is 6.18 Å². The summed E-state index contributed by atoms with van der Waals surface area (Å²) >= 11 is 0. The second-order valence-corrected chi connectivity index (χ2v) is 8.28. The summed E-state index contributed by atoms with van der Waals surface area (Å²) in [4.78, 5) is 27.3. The molecule has 0 saturated carbocycles. The van der Waals surface area contributed by atoms with Gasteiger partial charge in [0, 0.05) is 37.9 Å². The average molecular weight is 452 g/mol. The Labute approximate surface area is 184 Å². The molecule has 7 nitrogen and oxygen atoms in total. The fraction of sp³-hybridized carbons (Fsp3) is 0.500. The standard InChI is InChI=1S/C22H27F3N4O3/c1-14(2)12-28-8-9-32-16(13-28)11-26-21(31)20-19(30)10-15(3)29(27-20)18-7-5-4-6-17(18)22(23,24)25/h4-7,10,14,16H,8-9,11-13H2,1-3H3,(H,26,31). The van der Waals surface area contributed by atoms with Crippen LogP contribution in [0.1, 0.15) is 35.6 Å². The first kappa shape index (κ1) is 23.9. The Bertz CT molecular complexity index is 1020. The molecule has 0 spiro atoms. The number of alkyl halides is 3. The van der Waals surface area contributed by atoms with Gasteiger partial charge in [-0.05, 0) is 25.0 Å². The molecule has 10 heteroatoms. The lowest BCUT2D eigenvalue weighted by Gasteiger charge is -2.33. The predicted molar refractivity (Wildman–Crippen MR) is 113 cm³/mol. The number of nitrogens with one attached hydrogen (secondary N) is 1. The van der Waals surface area contributed by atoms with Crippen LogP contribution >= 0.6 is 0 Å². The van der Waals surface area contributed by atoms with Gasteiger partial charge in [-0.3, -0.25) is 14.5 Å². The van der Waals surface area contributed by atoms with Crippen LogP contribution < -0.4 is 10.7 Å². The molecule has 1 N–H and O–H groups in total. The maximum Gasteiger partial charge on any atom is 0.418 e. The first-order valence-electron chi connectivity index (χ1n) is 10.5. The van der Waals surface area contributed by atoms with Crippen LogP contribution in [-0.2, 0) is 10.9 Å². The number of halogens is 3. The van der Waals surface area contributed by atoms with Crippen molar-refractivity contribution in [3.05, 3.63) is 57.5 Å². The van der Waals surface area contributed by atoms with Gasteiger partial charge in [0.25, 0.3) is 5.91 Å². The minimum absolute atomic E-state index is 0.168. The second kappa shape index (κ2) is 9.83. The lowest BCUT2D eigenvalue weighted by Crippen LogP contribution is -2.48. The van der Waals surface area contributed by atoms with Gasteiger partial charge in [-0.15, -0.1) is 0 Å². The molecule has 1 aliphatic heterocycles. The van der Waals surface area contributed by atoms with Crippen molar-refractivity contribution in [3.8, 4) is 5.69 Å². The van der Waals surface area contributed by atoms with Crippen LogP contribution in [0, 0.1) is 12.8 Å². The van der Waals surface area contributed by atoms with E-state index in [4.69, 9.17) is 4.74 Å². The van der Waals surface area contributed by atoms with Gasteiger partial charge in [-0.25, -0.2) is 4.68 Å². The number of hydrogen-bond donors (Lipinski definition) is 1. The zero-order valence-corrected chi connectivity index (χ0v) is 18.3. The minimum Gasteiger partial charge on any atom is -0.374 e. The number of carbonyl (C=O) groups is 1. The first-order chi connectivity index (χ1) is 15.1. The molecule has 32 heavy (non-hydrogen) atoms. The minimum atomic E-state index is -4.61. The van der Waals surface area contributed by atoms with Crippen molar-refractivity contribution >= 4 is 5.91 Å². The number of benzene rings is 1. The van der Waals surface area contributed by atoms with E-state index >= 15 is 0 Å². The van der Waals surface area contributed by atoms with Crippen LogP contribution in [0.4, 0.5) is 13.2 Å². The molecular weight excluding hydrogens is 425 g/mol. The highest BCUT2D eigenvalue weighted by Gasteiger charge is 2.34. The number of hydrogen-bond acceptors (Lipinski definition) is 5. The third-order valence-corrected chi connectivity index (χ3v) is 5.10. The number of nitrogens with zero attached hydrogens (tertiary/aromatic N) is 3. The van der Waals surface area contributed by atoms with E-state index in [0.29, 0.717) is 19.1 Å². The maximum atomic E-state index is 13.4. The SMILES string of the molecule is Cc1cc(=O)c(C(=O)NCC2CN(CC(C)C)CCO2)nn1-c1ccccc1C(F)(F)F. The van der Waals surface area contributed by atoms with Crippen molar-refractivity contribution in [1.82, 2.24) is 20.0 Å². The summed E-state index contributed by atoms with van der Waals surface area (Å²) in [6, 6.07) is 5.99. The Balaban J connectivity index is 1.80. The highest BCUT2D eigenvalue weighted by atomic mass is 19.4. The zero-order valence-electron chi connectivity index (χ0n) is 18.3. The number of amides is 1. The number of aromatic nitrogens is 2. The molecule has 1 atom stereocenters. The predicted octanol–water partition coefficient (Wildman–Crippen LogP) is 2.65. The lowest BCUT2D eigenvalue weighted by molar-refractivity contribution is -0.137. The van der Waals surface area contributed by atoms with Crippen molar-refractivity contribution in [3.63, 3.8) is 0 Å². The smallest absolute Gasteiger partial charge is 0.374 e. The number of aryl methyl sites for hydroxylation is 1. The number of para-hydroxylation sites is 1. The largest absolute Gasteiger partial charge is 0.418 e. The molecule has 174 valence electrons. The Morgan fingerprint density at radius 3 is 2.72 bits per heavy atom. The average Bonchev–Trinajstić information content (AvgIpc) is 2.71. The van der Waals surface area contributed by atoms with Gasteiger partial charge in [-0.2, -0.15) is 18.3 Å². The molecule has 1 unspecified atom stereocenters. The molecule has 1 amide bonds. The van der Waals surface area contributed by atoms with Crippen molar-refractivity contribution in [2.45, 2.75) is 33.1 Å². The van der Waals surface area contributed by atoms with E-state index in [1.807, 2.05) is 0 Å². The Kier molecular flexibility index (Phi) is 7.35. The number of carbonyl (C=O) groups excluding carboxylic acids is 1. The summed E-state index contributed by atoms with van der Waals surface area (Å²) in [5.41, 5.74) is -2.12. The summed E-state index contributed by atoms with van der Waals surface area (Å²) < 4.78 is 47.0. The summed E-state index contributed by atoms with van der Waals surface area (Å²) in [7, 11) is 0. The molecular formula is C22H27F3N4O3. The fourth-order valence-corrected chi connectivity index (χ4v) is 3.72. The van der Waals surface area contributed by atoms with Crippen LogP contribution in [0.15, 0.2) is 35.1 Å². The topological polar surface area (TPSA) is 76.5 Å². The summed E-state index contributed by atoms with van der Waals surface area (Å²) in [6.07, 6.45) is -4.86. The van der Waals surface area contributed by atoms with Crippen LogP contribution in [0.5, 0.6) is 0 Å². The fourth-order valence-electron chi connectivity index (χ4n) is 3.72. The third-order valence-electron chi connectivity index (χ3n) is 5.10. The van der Waals surface area contributed by atoms with Gasteiger partial charge in [0.2, 0.25) is 5.43 Å². The van der Waals surface area contributed by atoms with E-state index in [-0.39, 0.29) is 24.0 Å². The van der Waals surface area contributed by atoms with E-state index in [1.165, 1.54) is 25.1 Å². The summed E-state index contributed by atoms with van der Waals surface area (Å²) in [5.74, 6) is -0.254. The van der Waals surface area contributed by atoms with Crippen LogP contribution in [0.2, 0.25) is 0 Å². The highest BCUT2D eigenvalue weighted by Crippen LogP contribution is 2.33. The van der Waals surface area contributed by atoms with Crippen molar-refractivity contribution in [1.29, 1.82) is 0 Å². The number of rotatable bonds is 6. The van der Waals surface area contributed by atoms with Crippen LogP contribution in [0.25, 0.3) is 5.69 Å². The van der Waals surface area contributed by atoms with Crippen molar-refractivity contribution in [2.24, 2.45) is 5.92 Å². The Morgan fingerprint density at radius 1 is 1.31 bits per heavy atom. The van der Waals surface area contributed by atoms with Gasteiger partial charge in [-0.1, -0.05) is 26.0 Å². The third kappa shape index (κ3) is 5.74. The molecule has 1 aromatic heterocycles. The molecule has 3 rings (SSSR count). The van der Waals surface area contributed by atoms with Crippen molar-refractivity contribution < 1.29 is 22.7 Å². The lowest BCUT2D eigenvalue weighted by atomic mass is 10.1. The van der Waals surface area contributed by atoms with E-state index in [2.05, 4.69) is 29.2 Å². The normalized spacial score (nSPS) is 17.5. The maximum absolute atomic E-state index is 13.4. The monoisotopic (exact) mass is 452 g/mol. The molecule has 1 fully saturated rings. The van der Waals surface area contributed by atoms with E-state index < -0.39 is 28.8 Å². The van der Waals surface area contributed by atoms with E-state index in [9.17, 15) is 22.8 Å². The van der Waals surface area contributed by atoms with E-state index in [1.54, 1.807) is 0 Å². The van der Waals surface area contributed by atoms with Crippen LogP contribution in [-0.4, -0.2) is 59.5 Å². The zero-order chi connectivity index (χ0) is 23.5. The molecule has 1 aromatic carbocycles. The quantitative estimate of drug-likeness (QED) is 0.729. The number of morpholine rings is 1. The molecule has 0 radical (unpaired) electrons. The number of ether oxygens (including phenoxy) is 1. The van der Waals surface area contributed by atoms with Gasteiger partial charge in [0.1, 0.15) is 0 Å². The first-order valence-corrected chi connectivity index (χ1v) is 10.5. The van der Waals surface area contributed by atoms with Gasteiger partial charge < -0.3 is 10.1 Å². The molecule has 2 heterocycles. The summed E-state index contributed by atoms with van der Waals surface area (Å²) in [6.45, 7) is 8.78. The highest BCUT2D eigenvalue weighted by molar-refractivity contribution is 5.92. The molecule has 1 saturated heterocycles. The Hall–Kier alpha value is -2.72. The van der Waals surface area contributed by atoms with E-state index in [0.717, 1.165) is 29.9 Å². The van der Waals surface area contributed by atoms with Gasteiger partial charge in [0.15, 0.2) is 5.69 Å².